The van der Waals surface area contributed by atoms with Crippen molar-refractivity contribution in [3.05, 3.63) is 58.1 Å². The van der Waals surface area contributed by atoms with Crippen LogP contribution in [-0.2, 0) is 9.59 Å². The maximum atomic E-state index is 12.4. The number of hydrogen-bond acceptors (Lipinski definition) is 9. The van der Waals surface area contributed by atoms with Crippen LogP contribution in [0.4, 0.5) is 11.4 Å². The number of amides is 2. The Hall–Kier alpha value is -3.93. The first-order valence-corrected chi connectivity index (χ1v) is 10.1. The first kappa shape index (κ1) is 22.7. The third kappa shape index (κ3) is 5.82. The number of nitrogens with one attached hydrogen (secondary N) is 2. The topological polar surface area (TPSA) is 145 Å². The third-order valence-electron chi connectivity index (χ3n) is 4.29. The zero-order valence-corrected chi connectivity index (χ0v) is 17.9. The highest BCUT2D eigenvalue weighted by molar-refractivity contribution is 8.15. The molecular formula is C20H19N5O6S. The average Bonchev–Trinajstić information content (AvgIpc) is 3.13. The molecule has 0 aliphatic carbocycles. The van der Waals surface area contributed by atoms with E-state index >= 15 is 0 Å². The number of anilines is 1. The van der Waals surface area contributed by atoms with Crippen molar-refractivity contribution in [2.24, 2.45) is 10.2 Å². The summed E-state index contributed by atoms with van der Waals surface area (Å²) >= 11 is 1.06. The quantitative estimate of drug-likeness (QED) is 0.352. The van der Waals surface area contributed by atoms with E-state index < -0.39 is 22.0 Å². The molecule has 3 rings (SSSR count). The van der Waals surface area contributed by atoms with Crippen LogP contribution in [-0.4, -0.2) is 47.6 Å². The van der Waals surface area contributed by atoms with Crippen molar-refractivity contribution in [1.82, 2.24) is 5.32 Å². The van der Waals surface area contributed by atoms with Crippen molar-refractivity contribution in [2.45, 2.75) is 11.7 Å². The number of ether oxygens (including phenoxy) is 2. The molecule has 32 heavy (non-hydrogen) atoms. The van der Waals surface area contributed by atoms with E-state index in [0.717, 1.165) is 17.3 Å². The smallest absolute Gasteiger partial charge is 0.296 e. The van der Waals surface area contributed by atoms with Gasteiger partial charge < -0.3 is 20.1 Å². The molecule has 0 bridgehead atoms. The molecule has 1 aliphatic rings. The summed E-state index contributed by atoms with van der Waals surface area (Å²) in [5.41, 5.74) is 0.500. The monoisotopic (exact) mass is 457 g/mol. The summed E-state index contributed by atoms with van der Waals surface area (Å²) < 4.78 is 10.0. The van der Waals surface area contributed by atoms with Gasteiger partial charge in [-0.15, -0.1) is 5.10 Å². The first-order chi connectivity index (χ1) is 15.4. The molecule has 0 spiro atoms. The molecule has 1 saturated heterocycles. The van der Waals surface area contributed by atoms with Crippen molar-refractivity contribution in [1.29, 1.82) is 0 Å². The zero-order valence-electron chi connectivity index (χ0n) is 17.1. The van der Waals surface area contributed by atoms with Crippen LogP contribution in [0.3, 0.4) is 0 Å². The van der Waals surface area contributed by atoms with E-state index in [1.54, 1.807) is 31.4 Å². The Labute approximate surface area is 187 Å². The summed E-state index contributed by atoms with van der Waals surface area (Å²) in [6.07, 6.45) is 1.32. The number of nitro groups is 1. The Morgan fingerprint density at radius 3 is 2.56 bits per heavy atom. The third-order valence-corrected chi connectivity index (χ3v) is 5.37. The van der Waals surface area contributed by atoms with E-state index in [9.17, 15) is 19.7 Å². The molecule has 2 aromatic carbocycles. The molecule has 0 aromatic heterocycles. The lowest BCUT2D eigenvalue weighted by Crippen LogP contribution is -2.28. The van der Waals surface area contributed by atoms with E-state index in [0.29, 0.717) is 5.75 Å². The van der Waals surface area contributed by atoms with Crippen molar-refractivity contribution < 1.29 is 24.0 Å². The van der Waals surface area contributed by atoms with Gasteiger partial charge in [0.25, 0.3) is 5.69 Å². The van der Waals surface area contributed by atoms with Gasteiger partial charge in [0.1, 0.15) is 22.4 Å². The highest BCUT2D eigenvalue weighted by atomic mass is 32.2. The van der Waals surface area contributed by atoms with Crippen molar-refractivity contribution in [2.75, 3.05) is 19.5 Å². The second-order valence-corrected chi connectivity index (χ2v) is 7.60. The summed E-state index contributed by atoms with van der Waals surface area (Å²) in [4.78, 5) is 35.1. The second-order valence-electron chi connectivity index (χ2n) is 6.41. The Morgan fingerprint density at radius 1 is 1.22 bits per heavy atom. The van der Waals surface area contributed by atoms with Crippen LogP contribution in [0, 0.1) is 10.1 Å². The zero-order chi connectivity index (χ0) is 23.1. The molecule has 166 valence electrons. The largest absolute Gasteiger partial charge is 0.497 e. The van der Waals surface area contributed by atoms with Crippen LogP contribution in [0.1, 0.15) is 12.0 Å². The van der Waals surface area contributed by atoms with E-state index in [2.05, 4.69) is 20.8 Å². The van der Waals surface area contributed by atoms with Crippen LogP contribution >= 0.6 is 11.8 Å². The van der Waals surface area contributed by atoms with Crippen LogP contribution in [0.25, 0.3) is 0 Å². The van der Waals surface area contributed by atoms with Crippen LogP contribution < -0.4 is 20.1 Å². The SMILES string of the molecule is COc1ccc(/C=N/N=C2\NC(=O)C(CC(=O)Nc3ccc(OC)cc3[N+](=O)[O-])S2)cc1. The first-order valence-electron chi connectivity index (χ1n) is 9.24. The molecule has 0 saturated carbocycles. The van der Waals surface area contributed by atoms with Crippen LogP contribution in [0.2, 0.25) is 0 Å². The van der Waals surface area contributed by atoms with E-state index in [1.165, 1.54) is 31.5 Å². The number of hydrogen-bond donors (Lipinski definition) is 2. The number of nitrogens with zero attached hydrogens (tertiary/aromatic N) is 3. The number of rotatable bonds is 8. The molecule has 1 atom stereocenters. The molecule has 1 aliphatic heterocycles. The van der Waals surface area contributed by atoms with Gasteiger partial charge in [0.2, 0.25) is 11.8 Å². The Balaban J connectivity index is 1.59. The standard InChI is InChI=1S/C20H19N5O6S/c1-30-13-5-3-12(4-6-13)11-21-24-20-23-19(27)17(32-20)10-18(26)22-15-8-7-14(31-2)9-16(15)25(28)29/h3-9,11,17H,10H2,1-2H3,(H,22,26)(H,23,24,27)/b21-11+. The molecule has 11 nitrogen and oxygen atoms in total. The van der Waals surface area contributed by atoms with E-state index in [4.69, 9.17) is 9.47 Å². The maximum Gasteiger partial charge on any atom is 0.296 e. The van der Waals surface area contributed by atoms with Crippen LogP contribution in [0.5, 0.6) is 11.5 Å². The van der Waals surface area contributed by atoms with Gasteiger partial charge in [0.15, 0.2) is 5.17 Å². The minimum atomic E-state index is -0.734. The summed E-state index contributed by atoms with van der Waals surface area (Å²) in [7, 11) is 2.96. The number of carbonyl (C=O) groups is 2. The van der Waals surface area contributed by atoms with Gasteiger partial charge in [-0.25, -0.2) is 0 Å². The Morgan fingerprint density at radius 2 is 1.91 bits per heavy atom. The molecule has 1 unspecified atom stereocenters. The van der Waals surface area contributed by atoms with Crippen molar-refractivity contribution in [3.63, 3.8) is 0 Å². The Bertz CT molecular complexity index is 1090. The van der Waals surface area contributed by atoms with Crippen LogP contribution in [0.15, 0.2) is 52.7 Å². The fourth-order valence-electron chi connectivity index (χ4n) is 2.69. The van der Waals surface area contributed by atoms with Gasteiger partial charge >= 0.3 is 0 Å². The van der Waals surface area contributed by atoms with Gasteiger partial charge in [-0.1, -0.05) is 11.8 Å². The van der Waals surface area contributed by atoms with E-state index in [-0.39, 0.29) is 28.7 Å². The van der Waals surface area contributed by atoms with Gasteiger partial charge in [0.05, 0.1) is 31.4 Å². The lowest BCUT2D eigenvalue weighted by Gasteiger charge is -2.09. The number of amidine groups is 1. The molecule has 1 fully saturated rings. The van der Waals surface area contributed by atoms with Crippen molar-refractivity contribution >= 4 is 46.3 Å². The molecule has 2 N–H and O–H groups in total. The van der Waals surface area contributed by atoms with Gasteiger partial charge in [0, 0.05) is 6.42 Å². The average molecular weight is 457 g/mol. The van der Waals surface area contributed by atoms with E-state index in [1.807, 2.05) is 0 Å². The normalized spacial score (nSPS) is 16.8. The molecule has 1 heterocycles. The Kier molecular flexibility index (Phi) is 7.39. The summed E-state index contributed by atoms with van der Waals surface area (Å²) in [6.45, 7) is 0. The number of thioether (sulfide) groups is 1. The fraction of sp³-hybridized carbons (Fsp3) is 0.200. The predicted molar refractivity (Wildman–Crippen MR) is 120 cm³/mol. The molecular weight excluding hydrogens is 438 g/mol. The molecule has 12 heteroatoms. The maximum absolute atomic E-state index is 12.4. The minimum absolute atomic E-state index is 0.0159. The highest BCUT2D eigenvalue weighted by Gasteiger charge is 2.32. The number of benzene rings is 2. The fourth-order valence-corrected chi connectivity index (χ4v) is 3.61. The highest BCUT2D eigenvalue weighted by Crippen LogP contribution is 2.30. The van der Waals surface area contributed by atoms with Gasteiger partial charge in [-0.3, -0.25) is 19.7 Å². The summed E-state index contributed by atoms with van der Waals surface area (Å²) in [5.74, 6) is 0.0614. The molecule has 2 amide bonds. The molecule has 2 aromatic rings. The number of methoxy groups -OCH3 is 2. The minimum Gasteiger partial charge on any atom is -0.497 e. The van der Waals surface area contributed by atoms with Gasteiger partial charge in [-0.05, 0) is 42.0 Å². The lowest BCUT2D eigenvalue weighted by molar-refractivity contribution is -0.384. The predicted octanol–water partition coefficient (Wildman–Crippen LogP) is 2.56. The summed E-state index contributed by atoms with van der Waals surface area (Å²) in [6, 6.07) is 11.2. The lowest BCUT2D eigenvalue weighted by atomic mass is 10.2. The number of carbonyl (C=O) groups excluding carboxylic acids is 2. The summed E-state index contributed by atoms with van der Waals surface area (Å²) in [5, 5.41) is 23.7. The second kappa shape index (κ2) is 10.4. The number of nitro benzene ring substituents is 1. The van der Waals surface area contributed by atoms with Crippen molar-refractivity contribution in [3.8, 4) is 11.5 Å². The van der Waals surface area contributed by atoms with Gasteiger partial charge in [-0.2, -0.15) is 5.10 Å². The molecule has 0 radical (unpaired) electrons.